The van der Waals surface area contributed by atoms with E-state index >= 15 is 4.39 Å². The molecule has 0 aliphatic heterocycles. The van der Waals surface area contributed by atoms with Gasteiger partial charge in [0.15, 0.2) is 46.9 Å². The number of benzene rings is 3. The van der Waals surface area contributed by atoms with Gasteiger partial charge in [0.1, 0.15) is 17.2 Å². The lowest BCUT2D eigenvalue weighted by molar-refractivity contribution is 0.326. The first-order valence-electron chi connectivity index (χ1n) is 9.00. The van der Waals surface area contributed by atoms with Gasteiger partial charge < -0.3 is 4.90 Å². The number of anilines is 2. The first-order valence-corrected chi connectivity index (χ1v) is 9.00. The predicted molar refractivity (Wildman–Crippen MR) is 97.9 cm³/mol. The van der Waals surface area contributed by atoms with Gasteiger partial charge in [-0.2, -0.15) is 0 Å². The average Bonchev–Trinajstić information content (AvgIpc) is 3.00. The fraction of sp³-hybridized carbons (Fsp3) is 0.0909. The number of nitrogens with zero attached hydrogens (tertiary/aromatic N) is 1. The van der Waals surface area contributed by atoms with Crippen LogP contribution in [0.5, 0.6) is 0 Å². The standard InChI is InChI=1S/C22H10F9N/c23-10-6-7-11(24)21(14(10)25)32(8-9-4-2-1-3-5-9)22-18(29)13-12(17(28)20(22)31)15(26)19(30)16(13)27/h1-7,15H,8H2. The highest BCUT2D eigenvalue weighted by Gasteiger charge is 2.43. The SMILES string of the molecule is FC1=C(F)C(F)c2c(F)c(F)c(N(Cc3ccccc3)c3c(F)ccc(F)c3F)c(F)c21. The Morgan fingerprint density at radius 3 is 1.94 bits per heavy atom. The van der Waals surface area contributed by atoms with Crippen molar-refractivity contribution in [3.05, 3.63) is 99.9 Å². The van der Waals surface area contributed by atoms with Crippen LogP contribution in [0.4, 0.5) is 50.9 Å². The van der Waals surface area contributed by atoms with E-state index in [0.717, 1.165) is 0 Å². The van der Waals surface area contributed by atoms with Gasteiger partial charge in [-0.05, 0) is 17.7 Å². The molecule has 4 rings (SSSR count). The smallest absolute Gasteiger partial charge is 0.185 e. The van der Waals surface area contributed by atoms with Crippen molar-refractivity contribution in [1.29, 1.82) is 0 Å². The number of hydrogen-bond donors (Lipinski definition) is 0. The summed E-state index contributed by atoms with van der Waals surface area (Å²) in [6.07, 6.45) is -3.10. The summed E-state index contributed by atoms with van der Waals surface area (Å²) >= 11 is 0. The molecule has 0 bridgehead atoms. The molecule has 1 nitrogen and oxygen atoms in total. The van der Waals surface area contributed by atoms with Gasteiger partial charge in [-0.1, -0.05) is 30.3 Å². The molecule has 0 radical (unpaired) electrons. The van der Waals surface area contributed by atoms with Gasteiger partial charge in [0.25, 0.3) is 0 Å². The van der Waals surface area contributed by atoms with Gasteiger partial charge in [-0.3, -0.25) is 0 Å². The molecule has 1 aliphatic carbocycles. The maximum Gasteiger partial charge on any atom is 0.185 e. The van der Waals surface area contributed by atoms with Crippen LogP contribution in [-0.2, 0) is 6.54 Å². The molecule has 0 aromatic heterocycles. The summed E-state index contributed by atoms with van der Waals surface area (Å²) in [4.78, 5) is 0.202. The number of rotatable bonds is 4. The highest BCUT2D eigenvalue weighted by Crippen LogP contribution is 2.50. The van der Waals surface area contributed by atoms with Crippen LogP contribution in [0.1, 0.15) is 22.9 Å². The van der Waals surface area contributed by atoms with Crippen LogP contribution in [0.15, 0.2) is 48.3 Å². The Kier molecular flexibility index (Phi) is 5.39. The maximum absolute atomic E-state index is 15.2. The van der Waals surface area contributed by atoms with E-state index in [-0.39, 0.29) is 10.5 Å². The zero-order valence-electron chi connectivity index (χ0n) is 15.7. The molecule has 0 amide bonds. The summed E-state index contributed by atoms with van der Waals surface area (Å²) in [6.45, 7) is -0.739. The molecular formula is C22H10F9N. The summed E-state index contributed by atoms with van der Waals surface area (Å²) < 4.78 is 129. The Morgan fingerprint density at radius 2 is 1.28 bits per heavy atom. The normalized spacial score (nSPS) is 15.3. The quantitative estimate of drug-likeness (QED) is 0.289. The molecule has 166 valence electrons. The predicted octanol–water partition coefficient (Wildman–Crippen LogP) is 7.49. The van der Waals surface area contributed by atoms with Crippen LogP contribution in [0, 0.1) is 34.9 Å². The van der Waals surface area contributed by atoms with E-state index in [0.29, 0.717) is 12.1 Å². The van der Waals surface area contributed by atoms with Crippen molar-refractivity contribution in [1.82, 2.24) is 0 Å². The van der Waals surface area contributed by atoms with E-state index < -0.39 is 81.8 Å². The first kappa shape index (κ1) is 21.8. The van der Waals surface area contributed by atoms with Crippen molar-refractivity contribution in [2.45, 2.75) is 12.7 Å². The molecule has 32 heavy (non-hydrogen) atoms. The molecule has 0 N–H and O–H groups in total. The van der Waals surface area contributed by atoms with Crippen LogP contribution in [0.25, 0.3) is 5.83 Å². The van der Waals surface area contributed by atoms with Crippen molar-refractivity contribution in [2.24, 2.45) is 0 Å². The van der Waals surface area contributed by atoms with Crippen molar-refractivity contribution >= 4 is 17.2 Å². The van der Waals surface area contributed by atoms with E-state index in [1.54, 1.807) is 6.07 Å². The van der Waals surface area contributed by atoms with E-state index in [1.807, 2.05) is 0 Å². The maximum atomic E-state index is 15.2. The third-order valence-corrected chi connectivity index (χ3v) is 4.98. The summed E-state index contributed by atoms with van der Waals surface area (Å²) in [6, 6.07) is 8.11. The number of halogens is 9. The van der Waals surface area contributed by atoms with E-state index in [4.69, 9.17) is 0 Å². The second kappa shape index (κ2) is 7.92. The third kappa shape index (κ3) is 3.21. The molecule has 1 atom stereocenters. The Bertz CT molecular complexity index is 1250. The third-order valence-electron chi connectivity index (χ3n) is 4.98. The van der Waals surface area contributed by atoms with Gasteiger partial charge in [0, 0.05) is 12.1 Å². The van der Waals surface area contributed by atoms with Crippen LogP contribution < -0.4 is 4.90 Å². The zero-order chi connectivity index (χ0) is 23.3. The fourth-order valence-electron chi connectivity index (χ4n) is 3.51. The van der Waals surface area contributed by atoms with E-state index in [1.165, 1.54) is 24.3 Å². The molecule has 0 heterocycles. The Labute approximate surface area is 175 Å². The lowest BCUT2D eigenvalue weighted by Crippen LogP contribution is -2.24. The van der Waals surface area contributed by atoms with Crippen LogP contribution in [0.2, 0.25) is 0 Å². The van der Waals surface area contributed by atoms with E-state index in [9.17, 15) is 35.1 Å². The van der Waals surface area contributed by atoms with Gasteiger partial charge in [0.05, 0.1) is 5.56 Å². The van der Waals surface area contributed by atoms with Crippen LogP contribution in [0.3, 0.4) is 0 Å². The molecule has 1 aliphatic rings. The highest BCUT2D eigenvalue weighted by molar-refractivity contribution is 5.78. The zero-order valence-corrected chi connectivity index (χ0v) is 15.7. The fourth-order valence-corrected chi connectivity index (χ4v) is 3.51. The molecule has 3 aromatic carbocycles. The second-order valence-corrected chi connectivity index (χ2v) is 6.87. The van der Waals surface area contributed by atoms with Gasteiger partial charge in [-0.25, -0.2) is 39.5 Å². The monoisotopic (exact) mass is 459 g/mol. The van der Waals surface area contributed by atoms with Crippen LogP contribution >= 0.6 is 0 Å². The minimum absolute atomic E-state index is 0.181. The van der Waals surface area contributed by atoms with Gasteiger partial charge in [0.2, 0.25) is 0 Å². The van der Waals surface area contributed by atoms with Crippen molar-refractivity contribution < 1.29 is 39.5 Å². The molecule has 0 spiro atoms. The van der Waals surface area contributed by atoms with Gasteiger partial charge >= 0.3 is 0 Å². The summed E-state index contributed by atoms with van der Waals surface area (Å²) in [7, 11) is 0. The summed E-state index contributed by atoms with van der Waals surface area (Å²) in [5.41, 5.74) is -5.80. The molecule has 10 heteroatoms. The largest absolute Gasteiger partial charge is 0.327 e. The second-order valence-electron chi connectivity index (χ2n) is 6.87. The van der Waals surface area contributed by atoms with Crippen molar-refractivity contribution in [3.8, 4) is 0 Å². The molecule has 1 unspecified atom stereocenters. The Balaban J connectivity index is 2.04. The Morgan fingerprint density at radius 1 is 0.656 bits per heavy atom. The molecule has 0 saturated heterocycles. The molecule has 0 fully saturated rings. The number of fused-ring (bicyclic) bond motifs is 1. The lowest BCUT2D eigenvalue weighted by Gasteiger charge is -2.28. The Hall–Kier alpha value is -3.43. The van der Waals surface area contributed by atoms with Gasteiger partial charge in [-0.15, -0.1) is 0 Å². The minimum atomic E-state index is -3.10. The topological polar surface area (TPSA) is 3.24 Å². The number of allylic oxidation sites excluding steroid dienone is 1. The van der Waals surface area contributed by atoms with Crippen LogP contribution in [-0.4, -0.2) is 0 Å². The lowest BCUT2D eigenvalue weighted by atomic mass is 10.0. The number of hydrogen-bond acceptors (Lipinski definition) is 1. The number of alkyl halides is 1. The average molecular weight is 459 g/mol. The molecule has 3 aromatic rings. The summed E-state index contributed by atoms with van der Waals surface area (Å²) in [5.74, 6) is -15.6. The summed E-state index contributed by atoms with van der Waals surface area (Å²) in [5, 5.41) is 0. The molecule has 0 saturated carbocycles. The van der Waals surface area contributed by atoms with Crippen molar-refractivity contribution in [3.63, 3.8) is 0 Å². The van der Waals surface area contributed by atoms with E-state index in [2.05, 4.69) is 0 Å². The molecular weight excluding hydrogens is 449 g/mol. The highest BCUT2D eigenvalue weighted by atomic mass is 19.2. The minimum Gasteiger partial charge on any atom is -0.327 e. The van der Waals surface area contributed by atoms with Crippen molar-refractivity contribution in [2.75, 3.05) is 4.90 Å². The first-order chi connectivity index (χ1) is 15.1.